The minimum atomic E-state index is -0.0133. The first-order valence-corrected chi connectivity index (χ1v) is 9.33. The molecule has 3 rings (SSSR count). The molecule has 0 spiro atoms. The van der Waals surface area contributed by atoms with Crippen LogP contribution in [0.2, 0.25) is 0 Å². The number of carbonyl (C=O) groups excluding carboxylic acids is 1. The predicted molar refractivity (Wildman–Crippen MR) is 106 cm³/mol. The van der Waals surface area contributed by atoms with Crippen LogP contribution in [-0.4, -0.2) is 22.0 Å². The van der Waals surface area contributed by atoms with Crippen molar-refractivity contribution in [1.82, 2.24) is 14.9 Å². The molecule has 0 atom stereocenters. The standard InChI is InChI=1S/C22H27N3O/c1-16(2)15-25-20-8-5-4-7-19(20)24-21(25)9-6-14-23-22(26)18-12-10-17(3)11-13-18/h4-5,7-8,10-13,16H,6,9,14-15H2,1-3H3,(H,23,26). The molecule has 136 valence electrons. The number of aryl methyl sites for hydroxylation is 2. The van der Waals surface area contributed by atoms with E-state index in [9.17, 15) is 4.79 Å². The molecule has 0 aliphatic heterocycles. The van der Waals surface area contributed by atoms with Gasteiger partial charge in [-0.15, -0.1) is 0 Å². The Morgan fingerprint density at radius 3 is 2.58 bits per heavy atom. The number of rotatable bonds is 7. The SMILES string of the molecule is Cc1ccc(C(=O)NCCCc2nc3ccccc3n2CC(C)C)cc1. The lowest BCUT2D eigenvalue weighted by Gasteiger charge is -2.12. The van der Waals surface area contributed by atoms with Crippen LogP contribution in [0, 0.1) is 12.8 Å². The van der Waals surface area contributed by atoms with Gasteiger partial charge in [-0.2, -0.15) is 0 Å². The maximum atomic E-state index is 12.2. The zero-order chi connectivity index (χ0) is 18.5. The third-order valence-electron chi connectivity index (χ3n) is 4.46. The second kappa shape index (κ2) is 8.17. The molecule has 0 fully saturated rings. The Kier molecular flexibility index (Phi) is 5.71. The van der Waals surface area contributed by atoms with Crippen LogP contribution in [-0.2, 0) is 13.0 Å². The van der Waals surface area contributed by atoms with Crippen molar-refractivity contribution in [2.45, 2.75) is 40.2 Å². The maximum Gasteiger partial charge on any atom is 0.251 e. The highest BCUT2D eigenvalue weighted by molar-refractivity contribution is 5.94. The second-order valence-corrected chi connectivity index (χ2v) is 7.25. The maximum absolute atomic E-state index is 12.2. The average molecular weight is 349 g/mol. The number of imidazole rings is 1. The van der Waals surface area contributed by atoms with Crippen LogP contribution in [0.3, 0.4) is 0 Å². The van der Waals surface area contributed by atoms with Crippen LogP contribution in [0.4, 0.5) is 0 Å². The minimum Gasteiger partial charge on any atom is -0.352 e. The second-order valence-electron chi connectivity index (χ2n) is 7.25. The summed E-state index contributed by atoms with van der Waals surface area (Å²) in [6.45, 7) is 8.08. The number of nitrogens with zero attached hydrogens (tertiary/aromatic N) is 2. The third kappa shape index (κ3) is 4.31. The van der Waals surface area contributed by atoms with E-state index < -0.39 is 0 Å². The van der Waals surface area contributed by atoms with Crippen molar-refractivity contribution in [3.63, 3.8) is 0 Å². The summed E-state index contributed by atoms with van der Waals surface area (Å²) < 4.78 is 2.32. The number of amides is 1. The quantitative estimate of drug-likeness (QED) is 0.644. The van der Waals surface area contributed by atoms with E-state index in [-0.39, 0.29) is 5.91 Å². The first kappa shape index (κ1) is 18.2. The summed E-state index contributed by atoms with van der Waals surface area (Å²) in [7, 11) is 0. The van der Waals surface area contributed by atoms with Gasteiger partial charge >= 0.3 is 0 Å². The highest BCUT2D eigenvalue weighted by Gasteiger charge is 2.11. The van der Waals surface area contributed by atoms with Crippen LogP contribution in [0.15, 0.2) is 48.5 Å². The van der Waals surface area contributed by atoms with Crippen LogP contribution >= 0.6 is 0 Å². The largest absolute Gasteiger partial charge is 0.352 e. The minimum absolute atomic E-state index is 0.0133. The molecule has 0 aliphatic carbocycles. The highest BCUT2D eigenvalue weighted by atomic mass is 16.1. The summed E-state index contributed by atoms with van der Waals surface area (Å²) in [6, 6.07) is 15.9. The van der Waals surface area contributed by atoms with E-state index in [2.05, 4.69) is 41.9 Å². The first-order valence-electron chi connectivity index (χ1n) is 9.33. The zero-order valence-electron chi connectivity index (χ0n) is 15.8. The fourth-order valence-electron chi connectivity index (χ4n) is 3.14. The van der Waals surface area contributed by atoms with Crippen LogP contribution < -0.4 is 5.32 Å². The summed E-state index contributed by atoms with van der Waals surface area (Å²) in [4.78, 5) is 17.0. The normalized spacial score (nSPS) is 11.2. The molecule has 3 aromatic rings. The molecule has 4 heteroatoms. The number of benzene rings is 2. The predicted octanol–water partition coefficient (Wildman–Crippen LogP) is 4.36. The number of hydrogen-bond acceptors (Lipinski definition) is 2. The van der Waals surface area contributed by atoms with Gasteiger partial charge in [-0.25, -0.2) is 4.98 Å². The highest BCUT2D eigenvalue weighted by Crippen LogP contribution is 2.18. The van der Waals surface area contributed by atoms with E-state index in [4.69, 9.17) is 4.98 Å². The number of fused-ring (bicyclic) bond motifs is 1. The van der Waals surface area contributed by atoms with E-state index >= 15 is 0 Å². The molecule has 2 aromatic carbocycles. The van der Waals surface area contributed by atoms with Crippen molar-refractivity contribution >= 4 is 16.9 Å². The van der Waals surface area contributed by atoms with Gasteiger partial charge in [0.2, 0.25) is 0 Å². The van der Waals surface area contributed by atoms with Gasteiger partial charge in [0.05, 0.1) is 11.0 Å². The summed E-state index contributed by atoms with van der Waals surface area (Å²) >= 11 is 0. The van der Waals surface area contributed by atoms with Crippen molar-refractivity contribution in [3.8, 4) is 0 Å². The van der Waals surface area contributed by atoms with Gasteiger partial charge in [0.1, 0.15) is 5.82 Å². The molecule has 0 saturated heterocycles. The summed E-state index contributed by atoms with van der Waals surface area (Å²) in [5.74, 6) is 1.65. The number of nitrogens with one attached hydrogen (secondary N) is 1. The van der Waals surface area contributed by atoms with Crippen molar-refractivity contribution < 1.29 is 4.79 Å². The lowest BCUT2D eigenvalue weighted by molar-refractivity contribution is 0.0953. The molecule has 0 bridgehead atoms. The molecule has 1 N–H and O–H groups in total. The average Bonchev–Trinajstić information content (AvgIpc) is 2.96. The molecule has 4 nitrogen and oxygen atoms in total. The third-order valence-corrected chi connectivity index (χ3v) is 4.46. The topological polar surface area (TPSA) is 46.9 Å². The van der Waals surface area contributed by atoms with Gasteiger partial charge in [0.25, 0.3) is 5.91 Å². The monoisotopic (exact) mass is 349 g/mol. The Bertz CT molecular complexity index is 878. The van der Waals surface area contributed by atoms with E-state index in [0.29, 0.717) is 18.0 Å². The van der Waals surface area contributed by atoms with Crippen molar-refractivity contribution in [2.24, 2.45) is 5.92 Å². The van der Waals surface area contributed by atoms with E-state index in [1.165, 1.54) is 5.52 Å². The molecule has 1 heterocycles. The van der Waals surface area contributed by atoms with E-state index in [0.717, 1.165) is 36.3 Å². The van der Waals surface area contributed by atoms with E-state index in [1.54, 1.807) is 0 Å². The van der Waals surface area contributed by atoms with Crippen LogP contribution in [0.25, 0.3) is 11.0 Å². The van der Waals surface area contributed by atoms with Crippen molar-refractivity contribution in [1.29, 1.82) is 0 Å². The van der Waals surface area contributed by atoms with Crippen molar-refractivity contribution in [2.75, 3.05) is 6.54 Å². The van der Waals surface area contributed by atoms with Gasteiger partial charge < -0.3 is 9.88 Å². The fraction of sp³-hybridized carbons (Fsp3) is 0.364. The molecule has 1 amide bonds. The number of para-hydroxylation sites is 2. The summed E-state index contributed by atoms with van der Waals surface area (Å²) in [6.07, 6.45) is 1.73. The molecule has 0 radical (unpaired) electrons. The number of carbonyl (C=O) groups is 1. The molecule has 0 aliphatic rings. The molecular weight excluding hydrogens is 322 g/mol. The molecular formula is C22H27N3O. The van der Waals surface area contributed by atoms with Crippen LogP contribution in [0.1, 0.15) is 42.0 Å². The Morgan fingerprint density at radius 2 is 1.85 bits per heavy atom. The molecule has 1 aromatic heterocycles. The zero-order valence-corrected chi connectivity index (χ0v) is 15.8. The van der Waals surface area contributed by atoms with Gasteiger partial charge in [-0.05, 0) is 43.5 Å². The van der Waals surface area contributed by atoms with Crippen LogP contribution in [0.5, 0.6) is 0 Å². The Morgan fingerprint density at radius 1 is 1.12 bits per heavy atom. The Hall–Kier alpha value is -2.62. The van der Waals surface area contributed by atoms with Crippen molar-refractivity contribution in [3.05, 3.63) is 65.5 Å². The Balaban J connectivity index is 1.61. The number of hydrogen-bond donors (Lipinski definition) is 1. The van der Waals surface area contributed by atoms with Gasteiger partial charge in [-0.1, -0.05) is 43.7 Å². The number of aromatic nitrogens is 2. The smallest absolute Gasteiger partial charge is 0.251 e. The molecule has 26 heavy (non-hydrogen) atoms. The Labute approximate surface area is 155 Å². The summed E-state index contributed by atoms with van der Waals surface area (Å²) in [5, 5.41) is 3.01. The summed E-state index contributed by atoms with van der Waals surface area (Å²) in [5.41, 5.74) is 4.11. The molecule has 0 unspecified atom stereocenters. The van der Waals surface area contributed by atoms with E-state index in [1.807, 2.05) is 37.3 Å². The first-order chi connectivity index (χ1) is 12.5. The van der Waals surface area contributed by atoms with Gasteiger partial charge in [0, 0.05) is 25.1 Å². The fourth-order valence-corrected chi connectivity index (χ4v) is 3.14. The van der Waals surface area contributed by atoms with Gasteiger partial charge in [0.15, 0.2) is 0 Å². The van der Waals surface area contributed by atoms with Gasteiger partial charge in [-0.3, -0.25) is 4.79 Å². The lowest BCUT2D eigenvalue weighted by Crippen LogP contribution is -2.25. The molecule has 0 saturated carbocycles. The lowest BCUT2D eigenvalue weighted by atomic mass is 10.1.